The average molecular weight is 308 g/mol. The standard InChI is InChI=1S/C17H29N3S/c1-14-12-20-9-4-3-6-16(20)13-19(14)10-8-18-15(2)17-7-5-11-21-17/h5,7,11,14-16,18H,3-4,6,8-10,12-13H2,1-2H3. The molecule has 0 aliphatic carbocycles. The van der Waals surface area contributed by atoms with Crippen LogP contribution < -0.4 is 5.32 Å². The van der Waals surface area contributed by atoms with E-state index in [1.807, 2.05) is 11.3 Å². The summed E-state index contributed by atoms with van der Waals surface area (Å²) in [4.78, 5) is 6.87. The van der Waals surface area contributed by atoms with Crippen molar-refractivity contribution in [2.45, 2.75) is 51.2 Å². The lowest BCUT2D eigenvalue weighted by Gasteiger charge is -2.47. The van der Waals surface area contributed by atoms with Crippen LogP contribution in [0.5, 0.6) is 0 Å². The fourth-order valence-corrected chi connectivity index (χ4v) is 4.55. The van der Waals surface area contributed by atoms with Gasteiger partial charge in [-0.25, -0.2) is 0 Å². The van der Waals surface area contributed by atoms with Crippen LogP contribution in [0.2, 0.25) is 0 Å². The first kappa shape index (κ1) is 15.5. The minimum atomic E-state index is 0.483. The molecule has 3 unspecified atom stereocenters. The summed E-state index contributed by atoms with van der Waals surface area (Å²) in [6, 6.07) is 6.38. The first-order valence-corrected chi connectivity index (χ1v) is 9.37. The van der Waals surface area contributed by atoms with Crippen molar-refractivity contribution in [2.24, 2.45) is 0 Å². The van der Waals surface area contributed by atoms with Gasteiger partial charge >= 0.3 is 0 Å². The average Bonchev–Trinajstić information content (AvgIpc) is 3.02. The predicted octanol–water partition coefficient (Wildman–Crippen LogP) is 2.96. The third kappa shape index (κ3) is 3.86. The molecule has 3 heterocycles. The van der Waals surface area contributed by atoms with Gasteiger partial charge in [-0.15, -0.1) is 11.3 Å². The van der Waals surface area contributed by atoms with E-state index in [-0.39, 0.29) is 0 Å². The van der Waals surface area contributed by atoms with Crippen molar-refractivity contribution < 1.29 is 0 Å². The Morgan fingerprint density at radius 2 is 2.29 bits per heavy atom. The maximum atomic E-state index is 3.68. The van der Waals surface area contributed by atoms with Gasteiger partial charge in [0.1, 0.15) is 0 Å². The number of piperazine rings is 1. The highest BCUT2D eigenvalue weighted by molar-refractivity contribution is 7.10. The Morgan fingerprint density at radius 1 is 1.38 bits per heavy atom. The predicted molar refractivity (Wildman–Crippen MR) is 91.0 cm³/mol. The van der Waals surface area contributed by atoms with Gasteiger partial charge in [-0.1, -0.05) is 12.5 Å². The van der Waals surface area contributed by atoms with Gasteiger partial charge in [0.2, 0.25) is 0 Å². The SMILES string of the molecule is CC(NCCN1CC2CCCCN2CC1C)c1cccs1. The molecule has 4 heteroatoms. The number of nitrogens with one attached hydrogen (secondary N) is 1. The lowest BCUT2D eigenvalue weighted by Crippen LogP contribution is -2.59. The highest BCUT2D eigenvalue weighted by Gasteiger charge is 2.32. The van der Waals surface area contributed by atoms with Crippen molar-refractivity contribution in [3.05, 3.63) is 22.4 Å². The van der Waals surface area contributed by atoms with E-state index in [0.717, 1.165) is 12.6 Å². The van der Waals surface area contributed by atoms with Crippen LogP contribution in [-0.2, 0) is 0 Å². The molecule has 3 atom stereocenters. The molecule has 0 bridgehead atoms. The molecule has 2 fully saturated rings. The molecule has 1 aromatic rings. The van der Waals surface area contributed by atoms with Crippen LogP contribution in [0.1, 0.15) is 44.0 Å². The van der Waals surface area contributed by atoms with E-state index in [1.165, 1.54) is 50.3 Å². The third-order valence-corrected chi connectivity index (χ3v) is 6.19. The molecule has 2 saturated heterocycles. The Labute approximate surface area is 133 Å². The molecule has 3 rings (SSSR count). The Hall–Kier alpha value is -0.420. The summed E-state index contributed by atoms with van der Waals surface area (Å²) in [5.41, 5.74) is 0. The molecule has 118 valence electrons. The second-order valence-corrected chi connectivity index (χ2v) is 7.66. The minimum absolute atomic E-state index is 0.483. The van der Waals surface area contributed by atoms with Gasteiger partial charge in [-0.2, -0.15) is 0 Å². The van der Waals surface area contributed by atoms with Crippen LogP contribution in [0.15, 0.2) is 17.5 Å². The summed E-state index contributed by atoms with van der Waals surface area (Å²) in [6.07, 6.45) is 4.24. The van der Waals surface area contributed by atoms with E-state index in [1.54, 1.807) is 0 Å². The maximum Gasteiger partial charge on any atom is 0.0386 e. The highest BCUT2D eigenvalue weighted by Crippen LogP contribution is 2.24. The van der Waals surface area contributed by atoms with Crippen LogP contribution in [0.4, 0.5) is 0 Å². The molecule has 21 heavy (non-hydrogen) atoms. The highest BCUT2D eigenvalue weighted by atomic mass is 32.1. The number of nitrogens with zero attached hydrogens (tertiary/aromatic N) is 2. The fraction of sp³-hybridized carbons (Fsp3) is 0.765. The summed E-state index contributed by atoms with van der Waals surface area (Å²) in [5.74, 6) is 0. The third-order valence-electron chi connectivity index (χ3n) is 5.14. The van der Waals surface area contributed by atoms with Crippen molar-refractivity contribution in [2.75, 3.05) is 32.7 Å². The number of piperidine rings is 1. The molecule has 0 spiro atoms. The van der Waals surface area contributed by atoms with Gasteiger partial charge in [-0.05, 0) is 44.7 Å². The summed E-state index contributed by atoms with van der Waals surface area (Å²) >= 11 is 1.85. The summed E-state index contributed by atoms with van der Waals surface area (Å²) in [7, 11) is 0. The van der Waals surface area contributed by atoms with Gasteiger partial charge in [0.05, 0.1) is 0 Å². The molecule has 0 amide bonds. The van der Waals surface area contributed by atoms with Crippen LogP contribution >= 0.6 is 11.3 Å². The van der Waals surface area contributed by atoms with E-state index < -0.39 is 0 Å². The molecular weight excluding hydrogens is 278 g/mol. The summed E-state index contributed by atoms with van der Waals surface area (Å²) in [6.45, 7) is 10.8. The minimum Gasteiger partial charge on any atom is -0.308 e. The van der Waals surface area contributed by atoms with Crippen molar-refractivity contribution in [3.63, 3.8) is 0 Å². The Kier molecular flexibility index (Phi) is 5.33. The van der Waals surface area contributed by atoms with E-state index >= 15 is 0 Å². The number of rotatable bonds is 5. The monoisotopic (exact) mass is 307 g/mol. The number of hydrogen-bond acceptors (Lipinski definition) is 4. The Bertz CT molecular complexity index is 420. The van der Waals surface area contributed by atoms with Crippen molar-refractivity contribution in [1.29, 1.82) is 0 Å². The van der Waals surface area contributed by atoms with Gasteiger partial charge in [-0.3, -0.25) is 9.80 Å². The van der Waals surface area contributed by atoms with E-state index in [2.05, 4.69) is 46.5 Å². The van der Waals surface area contributed by atoms with Gasteiger partial charge in [0.15, 0.2) is 0 Å². The van der Waals surface area contributed by atoms with Crippen molar-refractivity contribution in [3.8, 4) is 0 Å². The lowest BCUT2D eigenvalue weighted by atomic mass is 9.97. The quantitative estimate of drug-likeness (QED) is 0.902. The summed E-state index contributed by atoms with van der Waals surface area (Å²) in [5, 5.41) is 5.84. The molecule has 0 radical (unpaired) electrons. The van der Waals surface area contributed by atoms with Gasteiger partial charge in [0.25, 0.3) is 0 Å². The number of hydrogen-bond donors (Lipinski definition) is 1. The topological polar surface area (TPSA) is 18.5 Å². The van der Waals surface area contributed by atoms with Crippen LogP contribution in [-0.4, -0.2) is 54.6 Å². The Morgan fingerprint density at radius 3 is 3.10 bits per heavy atom. The maximum absolute atomic E-state index is 3.68. The largest absolute Gasteiger partial charge is 0.308 e. The molecule has 0 aromatic carbocycles. The second kappa shape index (κ2) is 7.23. The van der Waals surface area contributed by atoms with E-state index in [0.29, 0.717) is 12.1 Å². The Balaban J connectivity index is 1.44. The molecule has 2 aliphatic heterocycles. The van der Waals surface area contributed by atoms with Gasteiger partial charge < -0.3 is 5.32 Å². The van der Waals surface area contributed by atoms with Crippen LogP contribution in [0, 0.1) is 0 Å². The normalized spacial score (nSPS) is 29.2. The van der Waals surface area contributed by atoms with Gasteiger partial charge in [0, 0.05) is 49.2 Å². The molecule has 3 nitrogen and oxygen atoms in total. The smallest absolute Gasteiger partial charge is 0.0386 e. The zero-order chi connectivity index (χ0) is 14.7. The first-order valence-electron chi connectivity index (χ1n) is 8.49. The molecule has 1 N–H and O–H groups in total. The first-order chi connectivity index (χ1) is 10.2. The second-order valence-electron chi connectivity index (χ2n) is 6.68. The zero-order valence-corrected chi connectivity index (χ0v) is 14.2. The fourth-order valence-electron chi connectivity index (χ4n) is 3.79. The summed E-state index contributed by atoms with van der Waals surface area (Å²) < 4.78 is 0. The van der Waals surface area contributed by atoms with E-state index in [4.69, 9.17) is 0 Å². The zero-order valence-electron chi connectivity index (χ0n) is 13.4. The molecular formula is C17H29N3S. The lowest BCUT2D eigenvalue weighted by molar-refractivity contribution is 0.0158. The van der Waals surface area contributed by atoms with Crippen LogP contribution in [0.3, 0.4) is 0 Å². The van der Waals surface area contributed by atoms with Crippen molar-refractivity contribution in [1.82, 2.24) is 15.1 Å². The number of thiophene rings is 1. The van der Waals surface area contributed by atoms with Crippen LogP contribution in [0.25, 0.3) is 0 Å². The van der Waals surface area contributed by atoms with E-state index in [9.17, 15) is 0 Å². The molecule has 2 aliphatic rings. The molecule has 0 saturated carbocycles. The van der Waals surface area contributed by atoms with Crippen molar-refractivity contribution >= 4 is 11.3 Å². The molecule has 1 aromatic heterocycles. The number of fused-ring (bicyclic) bond motifs is 1.